The van der Waals surface area contributed by atoms with E-state index in [9.17, 15) is 0 Å². The van der Waals surface area contributed by atoms with Crippen LogP contribution in [0.25, 0.3) is 110 Å². The van der Waals surface area contributed by atoms with E-state index in [0.717, 1.165) is 60.9 Å². The molecule has 0 spiro atoms. The van der Waals surface area contributed by atoms with Crippen LogP contribution in [0.2, 0.25) is 0 Å². The van der Waals surface area contributed by atoms with Gasteiger partial charge < -0.3 is 4.42 Å². The van der Waals surface area contributed by atoms with Crippen LogP contribution < -0.4 is 0 Å². The number of nitrogens with zero attached hydrogens (tertiary/aromatic N) is 3. The van der Waals surface area contributed by atoms with E-state index in [1.54, 1.807) is 0 Å². The molecule has 0 unspecified atom stereocenters. The number of benzene rings is 8. The molecule has 262 valence electrons. The van der Waals surface area contributed by atoms with E-state index in [2.05, 4.69) is 152 Å². The molecule has 3 aromatic heterocycles. The monoisotopic (exact) mass is 733 g/mol. The van der Waals surface area contributed by atoms with Gasteiger partial charge in [-0.05, 0) is 28.3 Å². The average Bonchev–Trinajstić information content (AvgIpc) is 3.86. The number of para-hydroxylation sites is 2. The molecule has 0 radical (unpaired) electrons. The molecule has 0 amide bonds. The van der Waals surface area contributed by atoms with Crippen molar-refractivity contribution in [2.75, 3.05) is 0 Å². The summed E-state index contributed by atoms with van der Waals surface area (Å²) < 4.78 is 9.53. The zero-order valence-electron chi connectivity index (χ0n) is 30.1. The van der Waals surface area contributed by atoms with Gasteiger partial charge in [0.05, 0.1) is 5.56 Å². The Kier molecular flexibility index (Phi) is 7.64. The predicted molar refractivity (Wildman–Crippen MR) is 233 cm³/mol. The van der Waals surface area contributed by atoms with E-state index in [1.807, 2.05) is 47.7 Å². The van der Waals surface area contributed by atoms with E-state index >= 15 is 0 Å². The zero-order chi connectivity index (χ0) is 37.0. The highest BCUT2D eigenvalue weighted by Crippen LogP contribution is 2.46. The van der Waals surface area contributed by atoms with E-state index in [4.69, 9.17) is 19.4 Å². The first-order chi connectivity index (χ1) is 27.8. The van der Waals surface area contributed by atoms with Gasteiger partial charge in [0.25, 0.3) is 0 Å². The maximum absolute atomic E-state index is 7.00. The van der Waals surface area contributed by atoms with Crippen molar-refractivity contribution in [3.8, 4) is 67.5 Å². The van der Waals surface area contributed by atoms with Crippen LogP contribution in [-0.4, -0.2) is 15.0 Å². The number of thiophene rings is 1. The minimum absolute atomic E-state index is 0.562. The molecular weight excluding hydrogens is 703 g/mol. The first-order valence-electron chi connectivity index (χ1n) is 18.7. The molecule has 0 saturated heterocycles. The second kappa shape index (κ2) is 13.3. The van der Waals surface area contributed by atoms with Crippen LogP contribution in [-0.2, 0) is 0 Å². The first kappa shape index (κ1) is 32.2. The highest BCUT2D eigenvalue weighted by Gasteiger charge is 2.21. The van der Waals surface area contributed by atoms with Crippen LogP contribution in [0.5, 0.6) is 0 Å². The number of hydrogen-bond donors (Lipinski definition) is 0. The van der Waals surface area contributed by atoms with Crippen molar-refractivity contribution >= 4 is 53.4 Å². The summed E-state index contributed by atoms with van der Waals surface area (Å²) in [7, 11) is 0. The lowest BCUT2D eigenvalue weighted by molar-refractivity contribution is 0.670. The van der Waals surface area contributed by atoms with Crippen LogP contribution in [0.3, 0.4) is 0 Å². The summed E-state index contributed by atoms with van der Waals surface area (Å²) in [6, 6.07) is 65.5. The Morgan fingerprint density at radius 2 is 0.696 bits per heavy atom. The second-order valence-electron chi connectivity index (χ2n) is 13.9. The Morgan fingerprint density at radius 3 is 1.32 bits per heavy atom. The quantitative estimate of drug-likeness (QED) is 0.171. The van der Waals surface area contributed by atoms with Gasteiger partial charge in [-0.2, -0.15) is 0 Å². The number of furan rings is 1. The fraction of sp³-hybridized carbons (Fsp3) is 0. The van der Waals surface area contributed by atoms with Gasteiger partial charge in [0.1, 0.15) is 11.2 Å². The highest BCUT2D eigenvalue weighted by molar-refractivity contribution is 7.26. The van der Waals surface area contributed by atoms with Crippen LogP contribution in [0, 0.1) is 0 Å². The standard InChI is InChI=1S/C51H31N3OS/c1-4-14-32(15-5-1)33-28-30-36(31-29-33)50-52-49(35-18-8-3-9-19-35)53-51(54-50)44-27-12-22-39-38-21-11-23-40(45(38)55-46(39)44)41-24-13-26-43-42-25-10-20-37(47(42)56-48(41)43)34-16-6-2-7-17-34/h1-31H. The molecule has 0 fully saturated rings. The molecule has 0 aliphatic carbocycles. The van der Waals surface area contributed by atoms with Crippen LogP contribution in [0.15, 0.2) is 192 Å². The summed E-state index contributed by atoms with van der Waals surface area (Å²) in [5.41, 5.74) is 11.2. The summed E-state index contributed by atoms with van der Waals surface area (Å²) in [6.07, 6.45) is 0. The van der Waals surface area contributed by atoms with E-state index in [1.165, 1.54) is 31.3 Å². The smallest absolute Gasteiger partial charge is 0.167 e. The summed E-state index contributed by atoms with van der Waals surface area (Å²) in [5.74, 6) is 1.78. The largest absolute Gasteiger partial charge is 0.455 e. The van der Waals surface area contributed by atoms with Crippen LogP contribution in [0.4, 0.5) is 0 Å². The molecule has 8 aromatic carbocycles. The molecule has 5 heteroatoms. The molecule has 0 bridgehead atoms. The third kappa shape index (κ3) is 5.40. The van der Waals surface area contributed by atoms with Crippen LogP contribution >= 0.6 is 11.3 Å². The van der Waals surface area contributed by atoms with Crippen molar-refractivity contribution < 1.29 is 4.42 Å². The van der Waals surface area contributed by atoms with Crippen molar-refractivity contribution in [3.05, 3.63) is 188 Å². The molecular formula is C51H31N3OS. The van der Waals surface area contributed by atoms with Gasteiger partial charge in [-0.25, -0.2) is 15.0 Å². The van der Waals surface area contributed by atoms with Gasteiger partial charge >= 0.3 is 0 Å². The molecule has 0 N–H and O–H groups in total. The first-order valence-corrected chi connectivity index (χ1v) is 19.5. The summed E-state index contributed by atoms with van der Waals surface area (Å²) in [4.78, 5) is 15.2. The molecule has 56 heavy (non-hydrogen) atoms. The number of fused-ring (bicyclic) bond motifs is 6. The highest BCUT2D eigenvalue weighted by atomic mass is 32.1. The minimum Gasteiger partial charge on any atom is -0.455 e. The van der Waals surface area contributed by atoms with Gasteiger partial charge in [0.15, 0.2) is 17.5 Å². The molecule has 3 heterocycles. The second-order valence-corrected chi connectivity index (χ2v) is 14.9. The predicted octanol–water partition coefficient (Wildman–Crippen LogP) is 14.1. The third-order valence-corrected chi connectivity index (χ3v) is 11.9. The van der Waals surface area contributed by atoms with Gasteiger partial charge in [-0.3, -0.25) is 0 Å². The Labute approximate surface area is 327 Å². The third-order valence-electron chi connectivity index (χ3n) is 10.6. The molecule has 0 aliphatic rings. The van der Waals surface area contributed by atoms with Crippen molar-refractivity contribution in [1.82, 2.24) is 15.0 Å². The van der Waals surface area contributed by atoms with Gasteiger partial charge in [0, 0.05) is 53.2 Å². The molecule has 0 aliphatic heterocycles. The number of hydrogen-bond acceptors (Lipinski definition) is 5. The maximum atomic E-state index is 7.00. The van der Waals surface area contributed by atoms with E-state index < -0.39 is 0 Å². The van der Waals surface area contributed by atoms with Crippen molar-refractivity contribution in [1.29, 1.82) is 0 Å². The fourth-order valence-corrected chi connectivity index (χ4v) is 9.23. The van der Waals surface area contributed by atoms with E-state index in [0.29, 0.717) is 17.5 Å². The van der Waals surface area contributed by atoms with Crippen LogP contribution in [0.1, 0.15) is 0 Å². The number of aromatic nitrogens is 3. The van der Waals surface area contributed by atoms with Gasteiger partial charge in [-0.15, -0.1) is 11.3 Å². The Morgan fingerprint density at radius 1 is 0.286 bits per heavy atom. The topological polar surface area (TPSA) is 51.8 Å². The lowest BCUT2D eigenvalue weighted by Crippen LogP contribution is -2.00. The van der Waals surface area contributed by atoms with Crippen molar-refractivity contribution in [2.45, 2.75) is 0 Å². The molecule has 4 nitrogen and oxygen atoms in total. The molecule has 0 atom stereocenters. The normalized spacial score (nSPS) is 11.6. The SMILES string of the molecule is c1ccc(-c2ccc(-c3nc(-c4ccccc4)nc(-c4cccc5c4oc4c(-c6cccc7c6sc6c(-c8ccccc8)cccc67)cccc45)n3)cc2)cc1. The Balaban J connectivity index is 1.08. The lowest BCUT2D eigenvalue weighted by atomic mass is 9.99. The summed E-state index contributed by atoms with van der Waals surface area (Å²) >= 11 is 1.85. The van der Waals surface area contributed by atoms with Crippen molar-refractivity contribution in [3.63, 3.8) is 0 Å². The summed E-state index contributed by atoms with van der Waals surface area (Å²) in [6.45, 7) is 0. The zero-order valence-corrected chi connectivity index (χ0v) is 30.9. The molecule has 11 rings (SSSR count). The molecule has 11 aromatic rings. The minimum atomic E-state index is 0.562. The van der Waals surface area contributed by atoms with Gasteiger partial charge in [0.2, 0.25) is 0 Å². The molecule has 0 saturated carbocycles. The maximum Gasteiger partial charge on any atom is 0.167 e. The average molecular weight is 734 g/mol. The lowest BCUT2D eigenvalue weighted by Gasteiger charge is -2.09. The number of rotatable bonds is 6. The Hall–Kier alpha value is -7.21. The summed E-state index contributed by atoms with van der Waals surface area (Å²) in [5, 5.41) is 4.58. The van der Waals surface area contributed by atoms with Crippen molar-refractivity contribution in [2.24, 2.45) is 0 Å². The fourth-order valence-electron chi connectivity index (χ4n) is 7.87. The van der Waals surface area contributed by atoms with Gasteiger partial charge in [-0.1, -0.05) is 182 Å². The van der Waals surface area contributed by atoms with E-state index in [-0.39, 0.29) is 0 Å². The Bertz CT molecular complexity index is 3230.